The summed E-state index contributed by atoms with van der Waals surface area (Å²) in [6, 6.07) is 22.5. The number of hydrogen-bond donors (Lipinski definition) is 0. The van der Waals surface area contributed by atoms with Gasteiger partial charge in [-0.3, -0.25) is 4.90 Å². The van der Waals surface area contributed by atoms with Crippen LogP contribution in [-0.4, -0.2) is 33.5 Å². The summed E-state index contributed by atoms with van der Waals surface area (Å²) in [5, 5.41) is 0. The summed E-state index contributed by atoms with van der Waals surface area (Å²) in [5.74, 6) is 1.51. The Morgan fingerprint density at radius 2 is 1.74 bits per heavy atom. The summed E-state index contributed by atoms with van der Waals surface area (Å²) in [6.45, 7) is 2.66. The Morgan fingerprint density at radius 3 is 2.50 bits per heavy atom. The van der Waals surface area contributed by atoms with Crippen LogP contribution in [0.2, 0.25) is 0 Å². The van der Waals surface area contributed by atoms with Crippen LogP contribution in [0.25, 0.3) is 33.7 Å². The van der Waals surface area contributed by atoms with E-state index in [2.05, 4.69) is 40.2 Å². The zero-order chi connectivity index (χ0) is 22.9. The summed E-state index contributed by atoms with van der Waals surface area (Å²) in [6.07, 6.45) is 4.13. The maximum atomic E-state index is 5.57. The quantitative estimate of drug-likeness (QED) is 0.341. The van der Waals surface area contributed by atoms with Crippen molar-refractivity contribution in [3.05, 3.63) is 96.0 Å². The average molecular weight is 449 g/mol. The zero-order valence-corrected chi connectivity index (χ0v) is 18.9. The smallest absolute Gasteiger partial charge is 0.226 e. The first-order chi connectivity index (χ1) is 16.8. The molecule has 1 aliphatic heterocycles. The summed E-state index contributed by atoms with van der Waals surface area (Å²) in [5.41, 5.74) is 8.51. The van der Waals surface area contributed by atoms with Gasteiger partial charge in [0.2, 0.25) is 5.89 Å². The van der Waals surface area contributed by atoms with Gasteiger partial charge in [0, 0.05) is 37.2 Å². The molecule has 0 N–H and O–H groups in total. The third-order valence-corrected chi connectivity index (χ3v) is 6.38. The molecule has 6 heteroatoms. The van der Waals surface area contributed by atoms with E-state index in [1.54, 1.807) is 19.6 Å². The number of hydrogen-bond acceptors (Lipinski definition) is 6. The molecule has 34 heavy (non-hydrogen) atoms. The largest absolute Gasteiger partial charge is 0.497 e. The van der Waals surface area contributed by atoms with Gasteiger partial charge in [0.15, 0.2) is 0 Å². The predicted molar refractivity (Wildman–Crippen MR) is 131 cm³/mol. The predicted octanol–water partition coefficient (Wildman–Crippen LogP) is 5.52. The molecular weight excluding hydrogens is 424 g/mol. The summed E-state index contributed by atoms with van der Waals surface area (Å²) in [7, 11) is 1.68. The first-order valence-electron chi connectivity index (χ1n) is 11.4. The minimum Gasteiger partial charge on any atom is -0.497 e. The number of aromatic nitrogens is 3. The van der Waals surface area contributed by atoms with Crippen LogP contribution < -0.4 is 4.74 Å². The van der Waals surface area contributed by atoms with E-state index in [1.165, 1.54) is 11.1 Å². The fourth-order valence-corrected chi connectivity index (χ4v) is 4.66. The second-order valence-corrected chi connectivity index (χ2v) is 8.48. The molecule has 0 bridgehead atoms. The lowest BCUT2D eigenvalue weighted by Crippen LogP contribution is -2.20. The topological polar surface area (TPSA) is 64.3 Å². The van der Waals surface area contributed by atoms with Crippen LogP contribution in [0.1, 0.15) is 16.8 Å². The van der Waals surface area contributed by atoms with Crippen molar-refractivity contribution in [1.82, 2.24) is 19.9 Å². The van der Waals surface area contributed by atoms with E-state index in [4.69, 9.17) is 19.1 Å². The van der Waals surface area contributed by atoms with Gasteiger partial charge < -0.3 is 9.15 Å². The van der Waals surface area contributed by atoms with E-state index in [1.807, 2.05) is 36.4 Å². The monoisotopic (exact) mass is 448 g/mol. The van der Waals surface area contributed by atoms with Gasteiger partial charge in [-0.05, 0) is 53.6 Å². The second kappa shape index (κ2) is 8.72. The minimum atomic E-state index is 0.681. The molecule has 0 amide bonds. The molecule has 0 saturated carbocycles. The SMILES string of the molecule is COc1ccc(-c2nc3ccccc3nc2CCN2Cc3cccc(-c4ncco4)c3C2)cc1. The molecule has 2 aromatic heterocycles. The highest BCUT2D eigenvalue weighted by molar-refractivity contribution is 5.78. The van der Waals surface area contributed by atoms with Crippen LogP contribution in [0, 0.1) is 0 Å². The molecule has 6 rings (SSSR count). The van der Waals surface area contributed by atoms with Crippen LogP contribution in [0.5, 0.6) is 5.75 Å². The first-order valence-corrected chi connectivity index (χ1v) is 11.4. The summed E-state index contributed by atoms with van der Waals surface area (Å²) >= 11 is 0. The lowest BCUT2D eigenvalue weighted by molar-refractivity contribution is 0.287. The van der Waals surface area contributed by atoms with Crippen molar-refractivity contribution in [2.75, 3.05) is 13.7 Å². The van der Waals surface area contributed by atoms with Crippen molar-refractivity contribution in [2.24, 2.45) is 0 Å². The Kier molecular flexibility index (Phi) is 5.28. The van der Waals surface area contributed by atoms with Crippen molar-refractivity contribution in [3.63, 3.8) is 0 Å². The van der Waals surface area contributed by atoms with Crippen LogP contribution >= 0.6 is 0 Å². The fourth-order valence-electron chi connectivity index (χ4n) is 4.66. The van der Waals surface area contributed by atoms with E-state index in [0.29, 0.717) is 5.89 Å². The Hall–Kier alpha value is -4.03. The van der Waals surface area contributed by atoms with E-state index in [9.17, 15) is 0 Å². The van der Waals surface area contributed by atoms with Gasteiger partial charge in [-0.1, -0.05) is 24.3 Å². The molecule has 0 saturated heterocycles. The Bertz CT molecular complexity index is 1450. The number of nitrogens with zero attached hydrogens (tertiary/aromatic N) is 4. The van der Waals surface area contributed by atoms with Crippen LogP contribution in [0.4, 0.5) is 0 Å². The standard InChI is InChI=1S/C28H24N4O2/c1-33-21-11-9-19(10-12-21)27-26(30-24-7-2-3-8-25(24)31-27)13-15-32-17-20-5-4-6-22(23(20)18-32)28-29-14-16-34-28/h2-12,14,16H,13,15,17-18H2,1H3. The van der Waals surface area contributed by atoms with Crippen molar-refractivity contribution >= 4 is 11.0 Å². The van der Waals surface area contributed by atoms with Gasteiger partial charge in [-0.25, -0.2) is 15.0 Å². The molecule has 0 unspecified atom stereocenters. The molecule has 3 aromatic carbocycles. The number of oxazole rings is 1. The van der Waals surface area contributed by atoms with Crippen molar-refractivity contribution in [2.45, 2.75) is 19.5 Å². The van der Waals surface area contributed by atoms with Gasteiger partial charge in [-0.2, -0.15) is 0 Å². The maximum Gasteiger partial charge on any atom is 0.226 e. The van der Waals surface area contributed by atoms with E-state index < -0.39 is 0 Å². The average Bonchev–Trinajstić information content (AvgIpc) is 3.57. The van der Waals surface area contributed by atoms with E-state index >= 15 is 0 Å². The molecule has 3 heterocycles. The number of fused-ring (bicyclic) bond motifs is 2. The fraction of sp³-hybridized carbons (Fsp3) is 0.179. The number of methoxy groups -OCH3 is 1. The molecule has 0 fully saturated rings. The maximum absolute atomic E-state index is 5.57. The van der Waals surface area contributed by atoms with Crippen LogP contribution in [-0.2, 0) is 19.5 Å². The Balaban J connectivity index is 1.28. The van der Waals surface area contributed by atoms with Gasteiger partial charge in [0.25, 0.3) is 0 Å². The second-order valence-electron chi connectivity index (χ2n) is 8.48. The van der Waals surface area contributed by atoms with E-state index in [-0.39, 0.29) is 0 Å². The molecule has 1 aliphatic rings. The highest BCUT2D eigenvalue weighted by atomic mass is 16.5. The molecule has 0 atom stereocenters. The zero-order valence-electron chi connectivity index (χ0n) is 18.9. The van der Waals surface area contributed by atoms with Gasteiger partial charge >= 0.3 is 0 Å². The summed E-state index contributed by atoms with van der Waals surface area (Å²) < 4.78 is 10.9. The molecule has 6 nitrogen and oxygen atoms in total. The van der Waals surface area contributed by atoms with Crippen molar-refractivity contribution in [3.8, 4) is 28.5 Å². The van der Waals surface area contributed by atoms with Crippen molar-refractivity contribution < 1.29 is 9.15 Å². The molecule has 0 spiro atoms. The third kappa shape index (κ3) is 3.82. The van der Waals surface area contributed by atoms with Gasteiger partial charge in [-0.15, -0.1) is 0 Å². The molecule has 0 aliphatic carbocycles. The first kappa shape index (κ1) is 20.6. The normalized spacial score (nSPS) is 13.3. The number of rotatable bonds is 6. The van der Waals surface area contributed by atoms with Crippen LogP contribution in [0.15, 0.2) is 83.6 Å². The number of benzene rings is 3. The van der Waals surface area contributed by atoms with Crippen LogP contribution in [0.3, 0.4) is 0 Å². The highest BCUT2D eigenvalue weighted by Crippen LogP contribution is 2.32. The Morgan fingerprint density at radius 1 is 0.912 bits per heavy atom. The highest BCUT2D eigenvalue weighted by Gasteiger charge is 2.24. The lowest BCUT2D eigenvalue weighted by Gasteiger charge is -2.16. The number of ether oxygens (including phenoxy) is 1. The molecule has 5 aromatic rings. The minimum absolute atomic E-state index is 0.681. The lowest BCUT2D eigenvalue weighted by atomic mass is 10.0. The third-order valence-electron chi connectivity index (χ3n) is 6.38. The van der Waals surface area contributed by atoms with Crippen molar-refractivity contribution in [1.29, 1.82) is 0 Å². The summed E-state index contributed by atoms with van der Waals surface area (Å²) in [4.78, 5) is 16.8. The number of para-hydroxylation sites is 2. The van der Waals surface area contributed by atoms with E-state index in [0.717, 1.165) is 65.4 Å². The molecule has 0 radical (unpaired) electrons. The molecule has 168 valence electrons. The van der Waals surface area contributed by atoms with Gasteiger partial charge in [0.1, 0.15) is 12.0 Å². The molecular formula is C28H24N4O2. The van der Waals surface area contributed by atoms with Gasteiger partial charge in [0.05, 0.1) is 35.7 Å². The Labute approximate surface area is 197 Å².